The van der Waals surface area contributed by atoms with Crippen LogP contribution in [0.5, 0.6) is 5.75 Å². The quantitative estimate of drug-likeness (QED) is 0.787. The Kier molecular flexibility index (Phi) is 6.09. The zero-order chi connectivity index (χ0) is 15.1. The Morgan fingerprint density at radius 3 is 2.33 bits per heavy atom. The van der Waals surface area contributed by atoms with Crippen molar-refractivity contribution < 1.29 is 14.6 Å². The van der Waals surface area contributed by atoms with Crippen molar-refractivity contribution >= 4 is 5.97 Å². The van der Waals surface area contributed by atoms with Crippen LogP contribution in [0.4, 0.5) is 0 Å². The fourth-order valence-corrected chi connectivity index (χ4v) is 3.09. The summed E-state index contributed by atoms with van der Waals surface area (Å²) in [6.07, 6.45) is 9.26. The van der Waals surface area contributed by atoms with Crippen LogP contribution in [0.1, 0.15) is 62.2 Å². The summed E-state index contributed by atoms with van der Waals surface area (Å²) in [5.41, 5.74) is 0.304. The number of ether oxygens (including phenoxy) is 1. The predicted molar refractivity (Wildman–Crippen MR) is 83.9 cm³/mol. The molecule has 0 aromatic heterocycles. The molecule has 0 heterocycles. The lowest BCUT2D eigenvalue weighted by Crippen LogP contribution is -2.20. The van der Waals surface area contributed by atoms with E-state index in [1.165, 1.54) is 44.9 Å². The van der Waals surface area contributed by atoms with Gasteiger partial charge in [-0.25, -0.2) is 4.79 Å². The first-order valence-electron chi connectivity index (χ1n) is 8.15. The van der Waals surface area contributed by atoms with Crippen LogP contribution in [0.15, 0.2) is 24.3 Å². The van der Waals surface area contributed by atoms with Gasteiger partial charge in [0.15, 0.2) is 0 Å². The van der Waals surface area contributed by atoms with Crippen LogP contribution in [-0.4, -0.2) is 17.7 Å². The molecular formula is C18H26O3. The monoisotopic (exact) mass is 290 g/mol. The van der Waals surface area contributed by atoms with E-state index in [9.17, 15) is 4.79 Å². The second kappa shape index (κ2) is 8.06. The van der Waals surface area contributed by atoms with Gasteiger partial charge in [0.1, 0.15) is 5.75 Å². The second-order valence-corrected chi connectivity index (χ2v) is 6.17. The molecule has 0 bridgehead atoms. The molecule has 1 N–H and O–H groups in total. The van der Waals surface area contributed by atoms with E-state index in [0.717, 1.165) is 18.3 Å². The van der Waals surface area contributed by atoms with Crippen LogP contribution in [0.2, 0.25) is 0 Å². The molecule has 3 heteroatoms. The van der Waals surface area contributed by atoms with Gasteiger partial charge in [-0.3, -0.25) is 0 Å². The Labute approximate surface area is 127 Å². The molecule has 0 radical (unpaired) electrons. The number of carboxylic acid groups (broad SMARTS) is 1. The molecule has 21 heavy (non-hydrogen) atoms. The average Bonchev–Trinajstić information content (AvgIpc) is 2.52. The summed E-state index contributed by atoms with van der Waals surface area (Å²) in [5, 5.41) is 8.86. The third-order valence-corrected chi connectivity index (χ3v) is 4.52. The van der Waals surface area contributed by atoms with Crippen molar-refractivity contribution in [3.8, 4) is 5.75 Å². The summed E-state index contributed by atoms with van der Waals surface area (Å²) >= 11 is 0. The first-order valence-corrected chi connectivity index (χ1v) is 8.15. The molecule has 0 spiro atoms. The Morgan fingerprint density at radius 1 is 1.14 bits per heavy atom. The van der Waals surface area contributed by atoms with Crippen molar-refractivity contribution in [1.82, 2.24) is 0 Å². The van der Waals surface area contributed by atoms with E-state index < -0.39 is 5.97 Å². The van der Waals surface area contributed by atoms with Gasteiger partial charge in [-0.1, -0.05) is 39.0 Å². The summed E-state index contributed by atoms with van der Waals surface area (Å²) in [6, 6.07) is 6.69. The molecule has 3 nitrogen and oxygen atoms in total. The highest BCUT2D eigenvalue weighted by Crippen LogP contribution is 2.32. The van der Waals surface area contributed by atoms with E-state index in [2.05, 4.69) is 6.92 Å². The van der Waals surface area contributed by atoms with Gasteiger partial charge in [0.05, 0.1) is 12.2 Å². The van der Waals surface area contributed by atoms with Crippen molar-refractivity contribution in [1.29, 1.82) is 0 Å². The maximum Gasteiger partial charge on any atom is 0.335 e. The number of hydrogen-bond acceptors (Lipinski definition) is 2. The Balaban J connectivity index is 1.70. The molecule has 1 aromatic rings. The minimum Gasteiger partial charge on any atom is -0.493 e. The smallest absolute Gasteiger partial charge is 0.335 e. The van der Waals surface area contributed by atoms with Crippen LogP contribution in [0.3, 0.4) is 0 Å². The molecule has 1 saturated carbocycles. The van der Waals surface area contributed by atoms with Crippen LogP contribution in [0.25, 0.3) is 0 Å². The molecule has 1 aromatic carbocycles. The first-order chi connectivity index (χ1) is 10.2. The predicted octanol–water partition coefficient (Wildman–Crippen LogP) is 4.76. The van der Waals surface area contributed by atoms with Gasteiger partial charge >= 0.3 is 5.97 Å². The Bertz CT molecular complexity index is 430. The molecule has 0 atom stereocenters. The molecular weight excluding hydrogens is 264 g/mol. The third kappa shape index (κ3) is 5.07. The van der Waals surface area contributed by atoms with E-state index in [0.29, 0.717) is 11.5 Å². The minimum absolute atomic E-state index is 0.304. The number of rotatable bonds is 7. The Hall–Kier alpha value is -1.51. The van der Waals surface area contributed by atoms with E-state index in [1.807, 2.05) is 0 Å². The van der Waals surface area contributed by atoms with Crippen molar-refractivity contribution in [2.75, 3.05) is 6.61 Å². The van der Waals surface area contributed by atoms with Crippen molar-refractivity contribution in [3.63, 3.8) is 0 Å². The molecule has 1 fully saturated rings. The lowest BCUT2D eigenvalue weighted by Gasteiger charge is -2.28. The van der Waals surface area contributed by atoms with E-state index in [1.54, 1.807) is 24.3 Å². The van der Waals surface area contributed by atoms with Crippen molar-refractivity contribution in [2.45, 2.75) is 51.9 Å². The van der Waals surface area contributed by atoms with Crippen LogP contribution in [-0.2, 0) is 0 Å². The number of carbonyl (C=O) groups is 1. The van der Waals surface area contributed by atoms with Crippen molar-refractivity contribution in [2.24, 2.45) is 11.8 Å². The number of carboxylic acids is 1. The van der Waals surface area contributed by atoms with Crippen LogP contribution in [0, 0.1) is 11.8 Å². The lowest BCUT2D eigenvalue weighted by molar-refractivity contribution is 0.0697. The number of aromatic carboxylic acids is 1. The number of benzene rings is 1. The van der Waals surface area contributed by atoms with Crippen molar-refractivity contribution in [3.05, 3.63) is 29.8 Å². The average molecular weight is 290 g/mol. The summed E-state index contributed by atoms with van der Waals surface area (Å²) in [7, 11) is 0. The second-order valence-electron chi connectivity index (χ2n) is 6.17. The topological polar surface area (TPSA) is 46.5 Å². The van der Waals surface area contributed by atoms with E-state index in [-0.39, 0.29) is 0 Å². The summed E-state index contributed by atoms with van der Waals surface area (Å²) in [4.78, 5) is 10.8. The summed E-state index contributed by atoms with van der Waals surface area (Å²) in [5.74, 6) is 1.46. The largest absolute Gasteiger partial charge is 0.493 e. The SMILES string of the molecule is CCCC[C@H]1CC[C@H](COc2ccc(C(=O)O)cc2)CC1. The Morgan fingerprint density at radius 2 is 1.76 bits per heavy atom. The fourth-order valence-electron chi connectivity index (χ4n) is 3.09. The molecule has 0 aliphatic heterocycles. The molecule has 2 rings (SSSR count). The number of hydrogen-bond donors (Lipinski definition) is 1. The minimum atomic E-state index is -0.896. The fraction of sp³-hybridized carbons (Fsp3) is 0.611. The van der Waals surface area contributed by atoms with Crippen LogP contribution < -0.4 is 4.74 Å². The zero-order valence-electron chi connectivity index (χ0n) is 12.9. The summed E-state index contributed by atoms with van der Waals surface area (Å²) < 4.78 is 5.80. The van der Waals surface area contributed by atoms with Gasteiger partial charge in [0, 0.05) is 0 Å². The van der Waals surface area contributed by atoms with Gasteiger partial charge in [-0.2, -0.15) is 0 Å². The summed E-state index contributed by atoms with van der Waals surface area (Å²) in [6.45, 7) is 3.02. The standard InChI is InChI=1S/C18H26O3/c1-2-3-4-14-5-7-15(8-6-14)13-21-17-11-9-16(10-12-17)18(19)20/h9-12,14-15H,2-8,13H2,1H3,(H,19,20)/t14-,15-. The highest BCUT2D eigenvalue weighted by atomic mass is 16.5. The van der Waals surface area contributed by atoms with Gasteiger partial charge in [0.25, 0.3) is 0 Å². The maximum absolute atomic E-state index is 10.8. The van der Waals surface area contributed by atoms with Gasteiger partial charge in [-0.15, -0.1) is 0 Å². The van der Waals surface area contributed by atoms with Gasteiger partial charge in [-0.05, 0) is 48.9 Å². The molecule has 116 valence electrons. The van der Waals surface area contributed by atoms with Gasteiger partial charge in [0.2, 0.25) is 0 Å². The van der Waals surface area contributed by atoms with Crippen LogP contribution >= 0.6 is 0 Å². The maximum atomic E-state index is 10.8. The van der Waals surface area contributed by atoms with Gasteiger partial charge < -0.3 is 9.84 Å². The normalized spacial score (nSPS) is 22.0. The lowest BCUT2D eigenvalue weighted by atomic mass is 9.80. The van der Waals surface area contributed by atoms with E-state index in [4.69, 9.17) is 9.84 Å². The number of unbranched alkanes of at least 4 members (excludes halogenated alkanes) is 1. The first kappa shape index (κ1) is 15.9. The highest BCUT2D eigenvalue weighted by molar-refractivity contribution is 5.87. The molecule has 1 aliphatic rings. The molecule has 0 amide bonds. The molecule has 1 aliphatic carbocycles. The highest BCUT2D eigenvalue weighted by Gasteiger charge is 2.21. The molecule has 0 unspecified atom stereocenters. The third-order valence-electron chi connectivity index (χ3n) is 4.52. The van der Waals surface area contributed by atoms with E-state index >= 15 is 0 Å². The molecule has 0 saturated heterocycles. The zero-order valence-corrected chi connectivity index (χ0v) is 12.9.